The van der Waals surface area contributed by atoms with Gasteiger partial charge in [0.2, 0.25) is 0 Å². The van der Waals surface area contributed by atoms with E-state index in [4.69, 9.17) is 4.74 Å². The molecule has 4 unspecified atom stereocenters. The van der Waals surface area contributed by atoms with Crippen LogP contribution in [0.3, 0.4) is 0 Å². The molecule has 0 saturated carbocycles. The molecule has 1 aliphatic carbocycles. The van der Waals surface area contributed by atoms with Gasteiger partial charge in [0, 0.05) is 18.6 Å². The van der Waals surface area contributed by atoms with Crippen molar-refractivity contribution >= 4 is 0 Å². The van der Waals surface area contributed by atoms with Gasteiger partial charge in [-0.15, -0.1) is 0 Å². The zero-order valence-electron chi connectivity index (χ0n) is 12.5. The van der Waals surface area contributed by atoms with E-state index in [9.17, 15) is 5.11 Å². The summed E-state index contributed by atoms with van der Waals surface area (Å²) in [5, 5.41) is 10.8. The van der Waals surface area contributed by atoms with E-state index in [-0.39, 0.29) is 12.1 Å². The van der Waals surface area contributed by atoms with Gasteiger partial charge in [0.15, 0.2) is 0 Å². The van der Waals surface area contributed by atoms with Crippen LogP contribution >= 0.6 is 0 Å². The molecule has 4 atom stereocenters. The average molecular weight is 275 g/mol. The second-order valence-corrected chi connectivity index (χ2v) is 6.15. The van der Waals surface area contributed by atoms with E-state index in [0.29, 0.717) is 12.0 Å². The number of morpholine rings is 1. The van der Waals surface area contributed by atoms with Gasteiger partial charge in [-0.1, -0.05) is 38.1 Å². The van der Waals surface area contributed by atoms with Crippen LogP contribution in [0, 0.1) is 0 Å². The fourth-order valence-corrected chi connectivity index (χ4v) is 3.83. The van der Waals surface area contributed by atoms with Crippen LogP contribution in [0.4, 0.5) is 0 Å². The third kappa shape index (κ3) is 2.39. The predicted molar refractivity (Wildman–Crippen MR) is 79.8 cm³/mol. The Morgan fingerprint density at radius 2 is 2.05 bits per heavy atom. The Morgan fingerprint density at radius 1 is 1.30 bits per heavy atom. The molecule has 2 aliphatic rings. The molecule has 0 radical (unpaired) electrons. The molecule has 1 aromatic rings. The first kappa shape index (κ1) is 14.1. The van der Waals surface area contributed by atoms with Crippen LogP contribution in [0.5, 0.6) is 0 Å². The molecule has 0 amide bonds. The van der Waals surface area contributed by atoms with Crippen LogP contribution in [-0.4, -0.2) is 41.8 Å². The Balaban J connectivity index is 1.88. The van der Waals surface area contributed by atoms with Gasteiger partial charge in [-0.05, 0) is 29.9 Å². The first-order chi connectivity index (χ1) is 9.72. The number of nitrogens with zero attached hydrogens (tertiary/aromatic N) is 1. The van der Waals surface area contributed by atoms with Crippen molar-refractivity contribution in [3.8, 4) is 0 Å². The third-order valence-corrected chi connectivity index (χ3v) is 4.98. The maximum absolute atomic E-state index is 10.8. The van der Waals surface area contributed by atoms with Gasteiger partial charge in [0.25, 0.3) is 0 Å². The summed E-state index contributed by atoms with van der Waals surface area (Å²) in [6.45, 7) is 7.01. The number of benzene rings is 1. The summed E-state index contributed by atoms with van der Waals surface area (Å²) in [7, 11) is 0. The van der Waals surface area contributed by atoms with Crippen LogP contribution in [0.1, 0.15) is 49.8 Å². The Bertz CT molecular complexity index is 462. The van der Waals surface area contributed by atoms with Gasteiger partial charge < -0.3 is 9.84 Å². The molecule has 110 valence electrons. The summed E-state index contributed by atoms with van der Waals surface area (Å²) in [4.78, 5) is 2.49. The number of ether oxygens (including phenoxy) is 1. The minimum atomic E-state index is -0.366. The highest BCUT2D eigenvalue weighted by Gasteiger charge is 2.38. The van der Waals surface area contributed by atoms with Crippen molar-refractivity contribution in [3.05, 3.63) is 35.4 Å². The van der Waals surface area contributed by atoms with Gasteiger partial charge in [-0.25, -0.2) is 0 Å². The van der Waals surface area contributed by atoms with Gasteiger partial charge >= 0.3 is 0 Å². The minimum Gasteiger partial charge on any atom is -0.387 e. The second kappa shape index (κ2) is 5.84. The van der Waals surface area contributed by atoms with Crippen LogP contribution in [0.2, 0.25) is 0 Å². The number of rotatable bonds is 2. The van der Waals surface area contributed by atoms with Gasteiger partial charge in [-0.3, -0.25) is 4.90 Å². The zero-order chi connectivity index (χ0) is 14.1. The van der Waals surface area contributed by atoms with Crippen LogP contribution in [0.25, 0.3) is 0 Å². The lowest BCUT2D eigenvalue weighted by atomic mass is 9.78. The maximum Gasteiger partial charge on any atom is 0.0948 e. The SMILES string of the molecule is CCC1COCCN1C1CC(C)c2ccccc2C1O. The smallest absolute Gasteiger partial charge is 0.0948 e. The Hall–Kier alpha value is -0.900. The fourth-order valence-electron chi connectivity index (χ4n) is 3.83. The fraction of sp³-hybridized carbons (Fsp3) is 0.647. The Morgan fingerprint density at radius 3 is 2.80 bits per heavy atom. The largest absolute Gasteiger partial charge is 0.387 e. The molecule has 1 fully saturated rings. The standard InChI is InChI=1S/C17H25NO2/c1-3-13-11-20-9-8-18(13)16-10-12(2)14-6-4-5-7-15(14)17(16)19/h4-7,12-13,16-17,19H,3,8-11H2,1-2H3. The number of hydrogen-bond acceptors (Lipinski definition) is 3. The van der Waals surface area contributed by atoms with E-state index in [0.717, 1.165) is 38.2 Å². The molecule has 1 heterocycles. The normalized spacial score (nSPS) is 34.8. The second-order valence-electron chi connectivity index (χ2n) is 6.15. The number of fused-ring (bicyclic) bond motifs is 1. The van der Waals surface area contributed by atoms with Crippen LogP contribution in [0.15, 0.2) is 24.3 Å². The van der Waals surface area contributed by atoms with Crippen molar-refractivity contribution in [1.82, 2.24) is 4.90 Å². The molecule has 3 rings (SSSR count). The lowest BCUT2D eigenvalue weighted by Crippen LogP contribution is -2.53. The first-order valence-electron chi connectivity index (χ1n) is 7.82. The number of aliphatic hydroxyl groups is 1. The van der Waals surface area contributed by atoms with Crippen LogP contribution < -0.4 is 0 Å². The first-order valence-corrected chi connectivity index (χ1v) is 7.82. The molecule has 1 saturated heterocycles. The van der Waals surface area contributed by atoms with Gasteiger partial charge in [0.05, 0.1) is 19.3 Å². The van der Waals surface area contributed by atoms with Crippen LogP contribution in [-0.2, 0) is 4.74 Å². The lowest BCUT2D eigenvalue weighted by molar-refractivity contribution is -0.0677. The highest BCUT2D eigenvalue weighted by Crippen LogP contribution is 2.40. The summed E-state index contributed by atoms with van der Waals surface area (Å²) in [6.07, 6.45) is 1.75. The Labute approximate surface area is 121 Å². The molecule has 20 heavy (non-hydrogen) atoms. The van der Waals surface area contributed by atoms with Crippen molar-refractivity contribution < 1.29 is 9.84 Å². The molecule has 3 nitrogen and oxygen atoms in total. The van der Waals surface area contributed by atoms with Crippen molar-refractivity contribution in [2.45, 2.75) is 50.8 Å². The van der Waals surface area contributed by atoms with E-state index in [2.05, 4.69) is 36.9 Å². The third-order valence-electron chi connectivity index (χ3n) is 4.98. The van der Waals surface area contributed by atoms with Crippen molar-refractivity contribution in [3.63, 3.8) is 0 Å². The van der Waals surface area contributed by atoms with Gasteiger partial charge in [-0.2, -0.15) is 0 Å². The average Bonchev–Trinajstić information content (AvgIpc) is 2.51. The van der Waals surface area contributed by atoms with Crippen molar-refractivity contribution in [1.29, 1.82) is 0 Å². The van der Waals surface area contributed by atoms with Crippen molar-refractivity contribution in [2.75, 3.05) is 19.8 Å². The van der Waals surface area contributed by atoms with E-state index in [1.807, 2.05) is 6.07 Å². The number of aliphatic hydroxyl groups excluding tert-OH is 1. The molecule has 3 heteroatoms. The minimum absolute atomic E-state index is 0.230. The van der Waals surface area contributed by atoms with Gasteiger partial charge in [0.1, 0.15) is 0 Å². The van der Waals surface area contributed by atoms with E-state index >= 15 is 0 Å². The molecule has 1 N–H and O–H groups in total. The van der Waals surface area contributed by atoms with E-state index in [1.165, 1.54) is 5.56 Å². The van der Waals surface area contributed by atoms with E-state index in [1.54, 1.807) is 0 Å². The highest BCUT2D eigenvalue weighted by atomic mass is 16.5. The predicted octanol–water partition coefficient (Wildman–Crippen LogP) is 2.71. The van der Waals surface area contributed by atoms with Crippen molar-refractivity contribution in [2.24, 2.45) is 0 Å². The molecule has 0 spiro atoms. The molecule has 1 aromatic carbocycles. The topological polar surface area (TPSA) is 32.7 Å². The Kier molecular flexibility index (Phi) is 4.11. The quantitative estimate of drug-likeness (QED) is 0.901. The summed E-state index contributed by atoms with van der Waals surface area (Å²) in [6, 6.07) is 9.04. The summed E-state index contributed by atoms with van der Waals surface area (Å²) in [5.74, 6) is 0.514. The lowest BCUT2D eigenvalue weighted by Gasteiger charge is -2.46. The highest BCUT2D eigenvalue weighted by molar-refractivity contribution is 5.35. The monoisotopic (exact) mass is 275 g/mol. The maximum atomic E-state index is 10.8. The molecule has 1 aliphatic heterocycles. The molecular formula is C17H25NO2. The molecular weight excluding hydrogens is 250 g/mol. The summed E-state index contributed by atoms with van der Waals surface area (Å²) < 4.78 is 5.60. The molecule has 0 bridgehead atoms. The summed E-state index contributed by atoms with van der Waals surface area (Å²) >= 11 is 0. The molecule has 0 aromatic heterocycles. The summed E-state index contributed by atoms with van der Waals surface area (Å²) in [5.41, 5.74) is 2.44. The van der Waals surface area contributed by atoms with E-state index < -0.39 is 0 Å². The zero-order valence-corrected chi connectivity index (χ0v) is 12.5. The number of hydrogen-bond donors (Lipinski definition) is 1.